The maximum absolute atomic E-state index is 12.7. The second-order valence-corrected chi connectivity index (χ2v) is 7.98. The van der Waals surface area contributed by atoms with Crippen LogP contribution >= 0.6 is 11.3 Å². The Morgan fingerprint density at radius 2 is 1.83 bits per heavy atom. The third-order valence-electron chi connectivity index (χ3n) is 4.88. The van der Waals surface area contributed by atoms with Gasteiger partial charge >= 0.3 is 12.1 Å². The summed E-state index contributed by atoms with van der Waals surface area (Å²) >= 11 is 1.26. The molecule has 2 aromatic rings. The second-order valence-electron chi connectivity index (χ2n) is 7.12. The van der Waals surface area contributed by atoms with Gasteiger partial charge in [0.25, 0.3) is 0 Å². The van der Waals surface area contributed by atoms with E-state index in [2.05, 4.69) is 10.3 Å². The van der Waals surface area contributed by atoms with Gasteiger partial charge in [-0.05, 0) is 25.0 Å². The Bertz CT molecular complexity index is 872. The summed E-state index contributed by atoms with van der Waals surface area (Å²) in [5.41, 5.74) is -0.645. The summed E-state index contributed by atoms with van der Waals surface area (Å²) in [6.07, 6.45) is -0.617. The molecule has 0 bridgehead atoms. The summed E-state index contributed by atoms with van der Waals surface area (Å²) in [6, 6.07) is 4.75. The van der Waals surface area contributed by atoms with Gasteiger partial charge in [-0.25, -0.2) is 9.78 Å². The number of rotatable bonds is 5. The first-order chi connectivity index (χ1) is 13.7. The molecule has 0 spiro atoms. The highest BCUT2D eigenvalue weighted by molar-refractivity contribution is 7.13. The zero-order chi connectivity index (χ0) is 21.1. The quantitative estimate of drug-likeness (QED) is 0.703. The van der Waals surface area contributed by atoms with Crippen LogP contribution in [-0.2, 0) is 27.1 Å². The van der Waals surface area contributed by atoms with Crippen molar-refractivity contribution in [3.8, 4) is 10.6 Å². The van der Waals surface area contributed by atoms with E-state index in [9.17, 15) is 22.8 Å². The minimum Gasteiger partial charge on any atom is -0.457 e. The Morgan fingerprint density at radius 1 is 1.17 bits per heavy atom. The van der Waals surface area contributed by atoms with E-state index in [1.165, 1.54) is 30.4 Å². The first kappa shape index (κ1) is 21.3. The number of esters is 1. The van der Waals surface area contributed by atoms with E-state index in [1.807, 2.05) is 0 Å². The van der Waals surface area contributed by atoms with E-state index in [4.69, 9.17) is 4.74 Å². The second kappa shape index (κ2) is 8.52. The van der Waals surface area contributed by atoms with Gasteiger partial charge in [0.2, 0.25) is 5.91 Å². The molecular weight excluding hydrogens is 405 g/mol. The van der Waals surface area contributed by atoms with E-state index in [0.29, 0.717) is 29.1 Å². The van der Waals surface area contributed by atoms with Crippen LogP contribution < -0.4 is 5.32 Å². The number of hydrogen-bond acceptors (Lipinski definition) is 5. The highest BCUT2D eigenvalue weighted by atomic mass is 32.1. The molecule has 0 saturated heterocycles. The van der Waals surface area contributed by atoms with Gasteiger partial charge in [-0.15, -0.1) is 11.3 Å². The molecule has 0 radical (unpaired) electrons. The molecule has 1 aromatic carbocycles. The van der Waals surface area contributed by atoms with Crippen LogP contribution in [0.5, 0.6) is 0 Å². The molecular formula is C20H21F3N2O3S. The number of aromatic nitrogens is 1. The Kier molecular flexibility index (Phi) is 6.26. The van der Waals surface area contributed by atoms with E-state index in [0.717, 1.165) is 31.4 Å². The summed E-state index contributed by atoms with van der Waals surface area (Å²) in [4.78, 5) is 28.6. The van der Waals surface area contributed by atoms with E-state index in [-0.39, 0.29) is 12.5 Å². The van der Waals surface area contributed by atoms with Crippen molar-refractivity contribution in [2.75, 3.05) is 0 Å². The fourth-order valence-corrected chi connectivity index (χ4v) is 4.27. The Balaban J connectivity index is 1.65. The molecule has 0 aliphatic heterocycles. The molecule has 0 atom stereocenters. The van der Waals surface area contributed by atoms with Gasteiger partial charge in [0.05, 0.1) is 11.3 Å². The van der Waals surface area contributed by atoms with Gasteiger partial charge in [0.15, 0.2) is 0 Å². The number of hydrogen-bond donors (Lipinski definition) is 1. The summed E-state index contributed by atoms with van der Waals surface area (Å²) in [5.74, 6) is -0.751. The van der Waals surface area contributed by atoms with Crippen LogP contribution in [-0.4, -0.2) is 22.4 Å². The standard InChI is InChI=1S/C20H21F3N2O3S/c1-13(26)25-19(9-3-2-4-10-19)18(27)28-11-16-12-29-17(24-16)14-5-7-15(8-6-14)20(21,22)23/h5-8,12H,2-4,9-11H2,1H3,(H,25,26). The molecule has 1 aliphatic carbocycles. The van der Waals surface area contributed by atoms with Gasteiger partial charge in [0.1, 0.15) is 17.2 Å². The predicted molar refractivity (Wildman–Crippen MR) is 102 cm³/mol. The van der Waals surface area contributed by atoms with E-state index >= 15 is 0 Å². The van der Waals surface area contributed by atoms with Crippen LogP contribution in [0.2, 0.25) is 0 Å². The average Bonchev–Trinajstić information content (AvgIpc) is 3.15. The lowest BCUT2D eigenvalue weighted by Gasteiger charge is -2.35. The summed E-state index contributed by atoms with van der Waals surface area (Å²) in [6.45, 7) is 1.32. The zero-order valence-corrected chi connectivity index (χ0v) is 16.7. The molecule has 5 nitrogen and oxygen atoms in total. The van der Waals surface area contributed by atoms with Gasteiger partial charge < -0.3 is 10.1 Å². The predicted octanol–water partition coefficient (Wildman–Crippen LogP) is 4.71. The van der Waals surface area contributed by atoms with Crippen LogP contribution in [0, 0.1) is 0 Å². The highest BCUT2D eigenvalue weighted by Gasteiger charge is 2.41. The minimum atomic E-state index is -4.39. The van der Waals surface area contributed by atoms with Crippen molar-refractivity contribution in [1.82, 2.24) is 10.3 Å². The van der Waals surface area contributed by atoms with Crippen molar-refractivity contribution in [2.24, 2.45) is 0 Å². The number of benzene rings is 1. The SMILES string of the molecule is CC(=O)NC1(C(=O)OCc2csc(-c3ccc(C(F)(F)F)cc3)n2)CCCCC1. The number of alkyl halides is 3. The van der Waals surface area contributed by atoms with E-state index < -0.39 is 23.2 Å². The van der Waals surface area contributed by atoms with Crippen LogP contribution in [0.1, 0.15) is 50.3 Å². The normalized spacial score (nSPS) is 16.3. The molecule has 1 heterocycles. The minimum absolute atomic E-state index is 0.0582. The molecule has 29 heavy (non-hydrogen) atoms. The first-order valence-electron chi connectivity index (χ1n) is 9.28. The third kappa shape index (κ3) is 5.14. The lowest BCUT2D eigenvalue weighted by Crippen LogP contribution is -2.55. The molecule has 1 N–H and O–H groups in total. The number of halogens is 3. The number of ether oxygens (including phenoxy) is 1. The van der Waals surface area contributed by atoms with Crippen molar-refractivity contribution in [2.45, 2.75) is 57.3 Å². The molecule has 1 amide bonds. The fourth-order valence-electron chi connectivity index (χ4n) is 3.46. The Labute approximate surface area is 170 Å². The smallest absolute Gasteiger partial charge is 0.416 e. The van der Waals surface area contributed by atoms with Gasteiger partial charge in [-0.3, -0.25) is 4.79 Å². The summed E-state index contributed by atoms with van der Waals surface area (Å²) < 4.78 is 43.5. The van der Waals surface area contributed by atoms with Crippen LogP contribution in [0.3, 0.4) is 0 Å². The fraction of sp³-hybridized carbons (Fsp3) is 0.450. The molecule has 0 unspecified atom stereocenters. The van der Waals surface area contributed by atoms with Gasteiger partial charge in [0, 0.05) is 17.9 Å². The topological polar surface area (TPSA) is 68.3 Å². The van der Waals surface area contributed by atoms with Crippen molar-refractivity contribution < 1.29 is 27.5 Å². The van der Waals surface area contributed by atoms with Gasteiger partial charge in [-0.2, -0.15) is 13.2 Å². The maximum Gasteiger partial charge on any atom is 0.416 e. The van der Waals surface area contributed by atoms with Crippen molar-refractivity contribution >= 4 is 23.2 Å². The lowest BCUT2D eigenvalue weighted by molar-refractivity contribution is -0.156. The lowest BCUT2D eigenvalue weighted by atomic mass is 9.81. The van der Waals surface area contributed by atoms with Crippen molar-refractivity contribution in [1.29, 1.82) is 0 Å². The van der Waals surface area contributed by atoms with Crippen LogP contribution in [0.15, 0.2) is 29.6 Å². The molecule has 1 fully saturated rings. The molecule has 1 aromatic heterocycles. The number of carbonyl (C=O) groups is 2. The monoisotopic (exact) mass is 426 g/mol. The summed E-state index contributed by atoms with van der Waals surface area (Å²) in [7, 11) is 0. The van der Waals surface area contributed by atoms with Crippen LogP contribution in [0.25, 0.3) is 10.6 Å². The molecule has 3 rings (SSSR count). The number of carbonyl (C=O) groups excluding carboxylic acids is 2. The Hall–Kier alpha value is -2.42. The van der Waals surface area contributed by atoms with Crippen LogP contribution in [0.4, 0.5) is 13.2 Å². The van der Waals surface area contributed by atoms with Gasteiger partial charge in [-0.1, -0.05) is 31.4 Å². The molecule has 156 valence electrons. The maximum atomic E-state index is 12.7. The zero-order valence-electron chi connectivity index (χ0n) is 15.8. The third-order valence-corrected chi connectivity index (χ3v) is 5.82. The largest absolute Gasteiger partial charge is 0.457 e. The molecule has 1 aliphatic rings. The number of nitrogens with one attached hydrogen (secondary N) is 1. The van der Waals surface area contributed by atoms with E-state index in [1.54, 1.807) is 5.38 Å². The van der Waals surface area contributed by atoms with Crippen molar-refractivity contribution in [3.05, 3.63) is 40.9 Å². The molecule has 9 heteroatoms. The number of thiazole rings is 1. The highest BCUT2D eigenvalue weighted by Crippen LogP contribution is 2.32. The summed E-state index contributed by atoms with van der Waals surface area (Å²) in [5, 5.41) is 5.00. The van der Waals surface area contributed by atoms with Crippen molar-refractivity contribution in [3.63, 3.8) is 0 Å². The first-order valence-corrected chi connectivity index (χ1v) is 10.2. The molecule has 1 saturated carbocycles. The average molecular weight is 426 g/mol. The number of amides is 1. The number of nitrogens with zero attached hydrogens (tertiary/aromatic N) is 1. The Morgan fingerprint density at radius 3 is 2.41 bits per heavy atom.